The number of amides is 1. The Morgan fingerprint density at radius 1 is 1.39 bits per heavy atom. The molecule has 1 aliphatic rings. The van der Waals surface area contributed by atoms with Gasteiger partial charge in [0.05, 0.1) is 37.1 Å². The normalized spacial score (nSPS) is 19.5. The lowest BCUT2D eigenvalue weighted by Gasteiger charge is -2.27. The number of carbonyl (C=O) groups excluding carboxylic acids is 1. The topological polar surface area (TPSA) is 156 Å². The summed E-state index contributed by atoms with van der Waals surface area (Å²) in [6.07, 6.45) is 3.52. The monoisotopic (exact) mass is 403 g/mol. The summed E-state index contributed by atoms with van der Waals surface area (Å²) in [6.45, 7) is 0.470. The fraction of sp³-hybridized carbons (Fsp3) is 0.389. The minimum atomic E-state index is -0.411. The first-order valence-electron chi connectivity index (χ1n) is 8.70. The summed E-state index contributed by atoms with van der Waals surface area (Å²) in [5, 5.41) is 14.5. The highest BCUT2D eigenvalue weighted by atomic mass is 32.2. The third kappa shape index (κ3) is 6.45. The van der Waals surface area contributed by atoms with E-state index in [1.807, 2.05) is 18.2 Å². The van der Waals surface area contributed by atoms with E-state index < -0.39 is 5.91 Å². The Hall–Kier alpha value is -2.74. The lowest BCUT2D eigenvalue weighted by Crippen LogP contribution is -2.34. The number of methoxy groups -OCH3 is 1. The van der Waals surface area contributed by atoms with E-state index in [0.717, 1.165) is 24.2 Å². The van der Waals surface area contributed by atoms with Crippen LogP contribution in [-0.2, 0) is 16.1 Å². The average molecular weight is 404 g/mol. The molecule has 2 atom stereocenters. The molecule has 0 aromatic heterocycles. The standard InChI is InChI=1S/C18H25N7O2S/c1-27-15-8-14(6-7-16(15)28-23-10-17(20)26)18(21)24-25(22)11-13-4-2-12(9-19)3-5-13/h2-5,8,14,16,23H,6-7,10-11,22H2,1H3,(H2,20,26)(H2,21,24). The number of hydrazine groups is 1. The van der Waals surface area contributed by atoms with Crippen molar-refractivity contribution in [3.63, 3.8) is 0 Å². The molecule has 0 saturated heterocycles. The summed E-state index contributed by atoms with van der Waals surface area (Å²) in [6, 6.07) is 9.19. The van der Waals surface area contributed by atoms with Crippen LogP contribution in [0.5, 0.6) is 0 Å². The van der Waals surface area contributed by atoms with Crippen LogP contribution < -0.4 is 22.0 Å². The molecule has 9 nitrogen and oxygen atoms in total. The molecule has 0 bridgehead atoms. The van der Waals surface area contributed by atoms with Gasteiger partial charge in [-0.1, -0.05) is 24.1 Å². The van der Waals surface area contributed by atoms with Gasteiger partial charge in [0, 0.05) is 5.92 Å². The van der Waals surface area contributed by atoms with E-state index in [-0.39, 0.29) is 17.7 Å². The minimum absolute atomic E-state index is 0.0704. The van der Waals surface area contributed by atoms with Crippen molar-refractivity contribution in [3.8, 4) is 6.07 Å². The molecule has 1 aliphatic carbocycles. The predicted molar refractivity (Wildman–Crippen MR) is 109 cm³/mol. The largest absolute Gasteiger partial charge is 0.500 e. The second kappa shape index (κ2) is 10.6. The summed E-state index contributed by atoms with van der Waals surface area (Å²) in [4.78, 5) is 10.8. The van der Waals surface area contributed by atoms with Gasteiger partial charge in [0.15, 0.2) is 0 Å². The van der Waals surface area contributed by atoms with E-state index in [1.165, 1.54) is 17.1 Å². The Balaban J connectivity index is 1.97. The van der Waals surface area contributed by atoms with Crippen LogP contribution in [0.15, 0.2) is 41.2 Å². The van der Waals surface area contributed by atoms with Crippen molar-refractivity contribution in [2.75, 3.05) is 13.7 Å². The van der Waals surface area contributed by atoms with Crippen molar-refractivity contribution in [1.29, 1.82) is 5.26 Å². The highest BCUT2D eigenvalue weighted by Gasteiger charge is 2.26. The van der Waals surface area contributed by atoms with E-state index in [0.29, 0.717) is 17.9 Å². The van der Waals surface area contributed by atoms with Gasteiger partial charge in [-0.2, -0.15) is 5.26 Å². The van der Waals surface area contributed by atoms with E-state index in [9.17, 15) is 4.79 Å². The molecule has 0 heterocycles. The maximum atomic E-state index is 10.8. The lowest BCUT2D eigenvalue weighted by atomic mass is 9.93. The Kier molecular flexibility index (Phi) is 8.13. The zero-order chi connectivity index (χ0) is 20.5. The van der Waals surface area contributed by atoms with Gasteiger partial charge >= 0.3 is 0 Å². The number of nitrogens with zero attached hydrogens (tertiary/aromatic N) is 3. The van der Waals surface area contributed by atoms with Crippen LogP contribution in [0, 0.1) is 17.2 Å². The van der Waals surface area contributed by atoms with Gasteiger partial charge in [-0.25, -0.2) is 11.0 Å². The molecule has 2 rings (SSSR count). The first kappa shape index (κ1) is 21.6. The van der Waals surface area contributed by atoms with E-state index in [2.05, 4.69) is 15.9 Å². The van der Waals surface area contributed by atoms with Crippen LogP contribution in [0.25, 0.3) is 0 Å². The predicted octanol–water partition coefficient (Wildman–Crippen LogP) is 0.538. The molecule has 0 saturated carbocycles. The Bertz CT molecular complexity index is 773. The maximum absolute atomic E-state index is 10.8. The quantitative estimate of drug-likeness (QED) is 0.153. The molecular weight excluding hydrogens is 378 g/mol. The summed E-state index contributed by atoms with van der Waals surface area (Å²) in [5.74, 6) is 6.64. The SMILES string of the molecule is COC1=CC(/C(N)=N/N(N)Cc2ccc(C#N)cc2)CCC1SNCC(N)=O. The number of nitrogens with two attached hydrogens (primary N) is 3. The van der Waals surface area contributed by atoms with Gasteiger partial charge in [-0.05, 0) is 36.6 Å². The lowest BCUT2D eigenvalue weighted by molar-refractivity contribution is -0.116. The molecule has 7 N–H and O–H groups in total. The number of benzene rings is 1. The van der Waals surface area contributed by atoms with E-state index in [4.69, 9.17) is 27.3 Å². The zero-order valence-electron chi connectivity index (χ0n) is 15.7. The van der Waals surface area contributed by atoms with Crippen molar-refractivity contribution in [2.45, 2.75) is 24.6 Å². The van der Waals surface area contributed by atoms with Gasteiger partial charge in [-0.3, -0.25) is 9.52 Å². The van der Waals surface area contributed by atoms with Crippen molar-refractivity contribution in [3.05, 3.63) is 47.2 Å². The summed E-state index contributed by atoms with van der Waals surface area (Å²) >= 11 is 1.41. The van der Waals surface area contributed by atoms with Gasteiger partial charge in [0.2, 0.25) is 5.91 Å². The van der Waals surface area contributed by atoms with Crippen LogP contribution in [0.1, 0.15) is 24.0 Å². The second-order valence-electron chi connectivity index (χ2n) is 6.28. The number of hydrazone groups is 1. The zero-order valence-corrected chi connectivity index (χ0v) is 16.5. The molecular formula is C18H25N7O2S. The number of hydrogen-bond donors (Lipinski definition) is 4. The molecule has 0 fully saturated rings. The third-order valence-corrected chi connectivity index (χ3v) is 5.25. The van der Waals surface area contributed by atoms with Crippen LogP contribution >= 0.6 is 11.9 Å². The average Bonchev–Trinajstić information content (AvgIpc) is 2.68. The molecule has 150 valence electrons. The van der Waals surface area contributed by atoms with Gasteiger partial charge in [0.1, 0.15) is 11.6 Å². The number of carbonyl (C=O) groups is 1. The fourth-order valence-electron chi connectivity index (χ4n) is 2.75. The van der Waals surface area contributed by atoms with Crippen molar-refractivity contribution in [2.24, 2.45) is 28.3 Å². The Morgan fingerprint density at radius 2 is 2.11 bits per heavy atom. The summed E-state index contributed by atoms with van der Waals surface area (Å²) < 4.78 is 8.41. The van der Waals surface area contributed by atoms with Crippen molar-refractivity contribution in [1.82, 2.24) is 9.84 Å². The molecule has 0 spiro atoms. The molecule has 2 unspecified atom stereocenters. The molecule has 1 amide bonds. The number of primary amides is 1. The van der Waals surface area contributed by atoms with Gasteiger partial charge < -0.3 is 16.2 Å². The number of nitriles is 1. The minimum Gasteiger partial charge on any atom is -0.500 e. The first-order chi connectivity index (χ1) is 13.4. The molecule has 0 aliphatic heterocycles. The number of nitrogens with one attached hydrogen (secondary N) is 1. The highest BCUT2D eigenvalue weighted by molar-refractivity contribution is 7.98. The van der Waals surface area contributed by atoms with Crippen LogP contribution in [0.3, 0.4) is 0 Å². The van der Waals surface area contributed by atoms with Crippen LogP contribution in [0.2, 0.25) is 0 Å². The number of ether oxygens (including phenoxy) is 1. The van der Waals surface area contributed by atoms with Crippen molar-refractivity contribution >= 4 is 23.7 Å². The first-order valence-corrected chi connectivity index (χ1v) is 9.58. The van der Waals surface area contributed by atoms with Gasteiger partial charge in [0.25, 0.3) is 0 Å². The molecule has 1 aromatic carbocycles. The number of amidine groups is 1. The maximum Gasteiger partial charge on any atom is 0.232 e. The third-order valence-electron chi connectivity index (χ3n) is 4.18. The van der Waals surface area contributed by atoms with Crippen LogP contribution in [0.4, 0.5) is 0 Å². The fourth-order valence-corrected chi connectivity index (χ4v) is 3.73. The van der Waals surface area contributed by atoms with Gasteiger partial charge in [-0.15, -0.1) is 5.10 Å². The molecule has 1 aromatic rings. The van der Waals surface area contributed by atoms with Crippen molar-refractivity contribution < 1.29 is 9.53 Å². The van der Waals surface area contributed by atoms with E-state index in [1.54, 1.807) is 19.2 Å². The van der Waals surface area contributed by atoms with E-state index >= 15 is 0 Å². The second-order valence-corrected chi connectivity index (χ2v) is 7.38. The number of hydrogen-bond acceptors (Lipinski definition) is 8. The highest BCUT2D eigenvalue weighted by Crippen LogP contribution is 2.31. The summed E-state index contributed by atoms with van der Waals surface area (Å²) in [7, 11) is 1.60. The molecule has 28 heavy (non-hydrogen) atoms. The summed E-state index contributed by atoms with van der Waals surface area (Å²) in [5.41, 5.74) is 12.8. The van der Waals surface area contributed by atoms with Crippen LogP contribution in [-0.4, -0.2) is 35.8 Å². The smallest absolute Gasteiger partial charge is 0.232 e. The Morgan fingerprint density at radius 3 is 2.71 bits per heavy atom. The Labute approximate surface area is 168 Å². The molecule has 0 radical (unpaired) electrons. The number of rotatable bonds is 9. The molecule has 10 heteroatoms.